The number of carbonyl (C=O) groups is 3. The summed E-state index contributed by atoms with van der Waals surface area (Å²) < 4.78 is 4.61. The fourth-order valence-corrected chi connectivity index (χ4v) is 9.15. The minimum Gasteiger partial charge on any atom is -0.494 e. The smallest absolute Gasteiger partial charge is 0.251 e. The van der Waals surface area contributed by atoms with Crippen LogP contribution in [0.15, 0.2) is 72.8 Å². The molecule has 3 amide bonds. The maximum atomic E-state index is 14.6. The van der Waals surface area contributed by atoms with Gasteiger partial charge in [0.25, 0.3) is 5.91 Å². The molecule has 6 atom stereocenters. The van der Waals surface area contributed by atoms with Gasteiger partial charge >= 0.3 is 0 Å². The van der Waals surface area contributed by atoms with Crippen molar-refractivity contribution >= 4 is 52.5 Å². The van der Waals surface area contributed by atoms with E-state index in [1.54, 1.807) is 39.0 Å². The highest BCUT2D eigenvalue weighted by Gasteiger charge is 2.72. The summed E-state index contributed by atoms with van der Waals surface area (Å²) in [4.78, 5) is 48.7. The molecule has 0 aromatic heterocycles. The summed E-state index contributed by atoms with van der Waals surface area (Å²) in [5, 5.41) is 10.8. The van der Waals surface area contributed by atoms with Gasteiger partial charge in [-0.1, -0.05) is 49.8 Å². The average molecular weight is 622 g/mol. The fraction of sp³-hybridized carbons (Fsp3) is 0.424. The van der Waals surface area contributed by atoms with Crippen molar-refractivity contribution in [2.45, 2.75) is 42.9 Å². The van der Waals surface area contributed by atoms with Crippen LogP contribution in [0.4, 0.5) is 11.4 Å². The fourth-order valence-electron chi connectivity index (χ4n) is 7.03. The molecular weight excluding hydrogens is 586 g/mol. The lowest BCUT2D eigenvalue weighted by Crippen LogP contribution is -2.57. The Balaban J connectivity index is 1.43. The molecule has 0 aliphatic carbocycles. The van der Waals surface area contributed by atoms with Gasteiger partial charge in [-0.2, -0.15) is 0 Å². The van der Waals surface area contributed by atoms with Crippen LogP contribution in [0.5, 0.6) is 5.75 Å². The topological polar surface area (TPSA) is 90.4 Å². The van der Waals surface area contributed by atoms with Gasteiger partial charge in [0.15, 0.2) is 0 Å². The molecule has 0 saturated carbocycles. The SMILES string of the molecule is CCOc1ccc(N2CC=C[C@@H]3S[C@]45C=CCN(c6ccc(Cl)cc6)C(=O)C4N([C@@H](CO)C(C)C)C(=O)[C@@H]5[C@@H]3C2=O)cc1. The number of carbonyl (C=O) groups excluding carboxylic acids is 3. The molecule has 2 fully saturated rings. The number of fused-ring (bicyclic) bond motifs is 2. The molecule has 0 bridgehead atoms. The second-order valence-corrected chi connectivity index (χ2v) is 13.6. The van der Waals surface area contributed by atoms with Crippen LogP contribution in [0.2, 0.25) is 5.02 Å². The van der Waals surface area contributed by atoms with Gasteiger partial charge in [0, 0.05) is 34.7 Å². The van der Waals surface area contributed by atoms with Crippen molar-refractivity contribution < 1.29 is 24.2 Å². The lowest BCUT2D eigenvalue weighted by atomic mass is 9.78. The maximum Gasteiger partial charge on any atom is 0.251 e. The van der Waals surface area contributed by atoms with Crippen LogP contribution in [0.1, 0.15) is 20.8 Å². The monoisotopic (exact) mass is 621 g/mol. The summed E-state index contributed by atoms with van der Waals surface area (Å²) in [5.74, 6) is -1.48. The van der Waals surface area contributed by atoms with Gasteiger partial charge in [0.05, 0.1) is 35.8 Å². The van der Waals surface area contributed by atoms with E-state index >= 15 is 0 Å². The Morgan fingerprint density at radius 1 is 0.953 bits per heavy atom. The van der Waals surface area contributed by atoms with E-state index in [1.807, 2.05) is 69.3 Å². The third-order valence-electron chi connectivity index (χ3n) is 9.01. The number of likely N-dealkylation sites (tertiary alicyclic amines) is 1. The highest BCUT2D eigenvalue weighted by molar-refractivity contribution is 8.02. The van der Waals surface area contributed by atoms with Crippen molar-refractivity contribution in [3.63, 3.8) is 0 Å². The average Bonchev–Trinajstić information content (AvgIpc) is 3.30. The molecule has 1 N–H and O–H groups in total. The number of thioether (sulfide) groups is 1. The molecule has 4 heterocycles. The van der Waals surface area contributed by atoms with Gasteiger partial charge in [-0.15, -0.1) is 11.8 Å². The predicted molar refractivity (Wildman–Crippen MR) is 169 cm³/mol. The molecule has 0 radical (unpaired) electrons. The van der Waals surface area contributed by atoms with E-state index in [4.69, 9.17) is 16.3 Å². The second kappa shape index (κ2) is 11.7. The van der Waals surface area contributed by atoms with Crippen LogP contribution < -0.4 is 14.5 Å². The van der Waals surface area contributed by atoms with Gasteiger partial charge in [0.1, 0.15) is 11.8 Å². The first-order valence-corrected chi connectivity index (χ1v) is 16.0. The van der Waals surface area contributed by atoms with Gasteiger partial charge in [-0.25, -0.2) is 0 Å². The van der Waals surface area contributed by atoms with Crippen molar-refractivity contribution in [1.29, 1.82) is 0 Å². The number of amides is 3. The molecule has 6 rings (SSSR count). The molecule has 10 heteroatoms. The molecule has 2 aromatic rings. The molecular formula is C33H36ClN3O5S. The maximum absolute atomic E-state index is 14.6. The number of hydrogen-bond acceptors (Lipinski definition) is 6. The zero-order chi connectivity index (χ0) is 30.5. The zero-order valence-electron chi connectivity index (χ0n) is 24.4. The van der Waals surface area contributed by atoms with Crippen molar-refractivity contribution in [2.75, 3.05) is 36.1 Å². The van der Waals surface area contributed by atoms with E-state index < -0.39 is 28.7 Å². The summed E-state index contributed by atoms with van der Waals surface area (Å²) in [6.45, 7) is 6.75. The molecule has 8 nitrogen and oxygen atoms in total. The van der Waals surface area contributed by atoms with Gasteiger partial charge in [-0.3, -0.25) is 14.4 Å². The van der Waals surface area contributed by atoms with Gasteiger partial charge in [-0.05, 0) is 61.4 Å². The molecule has 43 heavy (non-hydrogen) atoms. The summed E-state index contributed by atoms with van der Waals surface area (Å²) in [6, 6.07) is 13.0. The number of ether oxygens (including phenoxy) is 1. The summed E-state index contributed by atoms with van der Waals surface area (Å²) in [5.41, 5.74) is 1.40. The van der Waals surface area contributed by atoms with E-state index in [0.29, 0.717) is 30.4 Å². The minimum atomic E-state index is -0.977. The van der Waals surface area contributed by atoms with E-state index in [9.17, 15) is 19.5 Å². The Kier molecular flexibility index (Phi) is 8.08. The molecule has 1 unspecified atom stereocenters. The van der Waals surface area contributed by atoms with Crippen LogP contribution >= 0.6 is 23.4 Å². The molecule has 2 saturated heterocycles. The standard InChI is InChI=1S/C33H36ClN3O5S/c1-4-42-24-14-12-23(13-15-24)35-17-5-7-26-27(30(35)39)28-31(40)37(25(19-38)20(2)3)29-32(41)36(18-6-16-33(28,29)43-26)22-10-8-21(34)9-11-22/h5-16,20,25-29,38H,4,17-19H2,1-3H3/t25-,26-,27+,28-,29?,33-/m0/s1. The van der Waals surface area contributed by atoms with Crippen molar-refractivity contribution in [2.24, 2.45) is 17.8 Å². The summed E-state index contributed by atoms with van der Waals surface area (Å²) in [7, 11) is 0. The van der Waals surface area contributed by atoms with Crippen LogP contribution in [0.25, 0.3) is 0 Å². The Morgan fingerprint density at radius 3 is 2.21 bits per heavy atom. The lowest BCUT2D eigenvalue weighted by Gasteiger charge is -2.39. The summed E-state index contributed by atoms with van der Waals surface area (Å²) in [6.07, 6.45) is 7.93. The number of anilines is 2. The molecule has 4 aliphatic rings. The van der Waals surface area contributed by atoms with E-state index in [-0.39, 0.29) is 35.5 Å². The molecule has 2 aromatic carbocycles. The van der Waals surface area contributed by atoms with Crippen LogP contribution in [-0.4, -0.2) is 76.1 Å². The molecule has 1 spiro atoms. The van der Waals surface area contributed by atoms with Crippen molar-refractivity contribution in [3.05, 3.63) is 77.9 Å². The predicted octanol–water partition coefficient (Wildman–Crippen LogP) is 4.56. The third-order valence-corrected chi connectivity index (χ3v) is 11.0. The second-order valence-electron chi connectivity index (χ2n) is 11.7. The quantitative estimate of drug-likeness (QED) is 0.456. The lowest BCUT2D eigenvalue weighted by molar-refractivity contribution is -0.142. The summed E-state index contributed by atoms with van der Waals surface area (Å²) >= 11 is 7.67. The normalized spacial score (nSPS) is 29.0. The molecule has 4 aliphatic heterocycles. The first-order valence-electron chi connectivity index (χ1n) is 14.8. The van der Waals surface area contributed by atoms with Crippen LogP contribution in [0, 0.1) is 17.8 Å². The largest absolute Gasteiger partial charge is 0.494 e. The number of rotatable bonds is 7. The molecule has 226 valence electrons. The minimum absolute atomic E-state index is 0.111. The van der Waals surface area contributed by atoms with Gasteiger partial charge < -0.3 is 24.5 Å². The van der Waals surface area contributed by atoms with E-state index in [0.717, 1.165) is 11.4 Å². The number of nitrogens with zero attached hydrogens (tertiary/aromatic N) is 3. The van der Waals surface area contributed by atoms with Crippen LogP contribution in [0.3, 0.4) is 0 Å². The van der Waals surface area contributed by atoms with Crippen molar-refractivity contribution in [1.82, 2.24) is 4.90 Å². The Morgan fingerprint density at radius 2 is 1.58 bits per heavy atom. The third kappa shape index (κ3) is 4.86. The number of hydrogen-bond donors (Lipinski definition) is 1. The number of aliphatic hydroxyl groups excluding tert-OH is 1. The van der Waals surface area contributed by atoms with Gasteiger partial charge in [0.2, 0.25) is 11.8 Å². The Bertz CT molecular complexity index is 1460. The first kappa shape index (κ1) is 29.8. The zero-order valence-corrected chi connectivity index (χ0v) is 26.0. The van der Waals surface area contributed by atoms with E-state index in [1.165, 1.54) is 11.8 Å². The highest BCUT2D eigenvalue weighted by atomic mass is 35.5. The Labute approximate surface area is 261 Å². The first-order chi connectivity index (χ1) is 20.7. The number of halogens is 1. The van der Waals surface area contributed by atoms with Crippen molar-refractivity contribution in [3.8, 4) is 5.75 Å². The Hall–Kier alpha value is -3.27. The highest BCUT2D eigenvalue weighted by Crippen LogP contribution is 2.61. The number of aliphatic hydroxyl groups is 1. The number of benzene rings is 2. The van der Waals surface area contributed by atoms with Crippen LogP contribution in [-0.2, 0) is 14.4 Å². The van der Waals surface area contributed by atoms with E-state index in [2.05, 4.69) is 0 Å².